The van der Waals surface area contributed by atoms with Crippen molar-refractivity contribution in [3.63, 3.8) is 0 Å². The SMILES string of the molecule is CC(=O)Nc1cccc(/C(C)=N\NC(=O)CN(c2ccccn2)S(=O)(=O)c2ccccc2)c1. The number of nitrogens with zero attached hydrogens (tertiary/aromatic N) is 3. The molecule has 0 spiro atoms. The molecular formula is C23H23N5O4S. The number of sulfonamides is 1. The molecule has 0 saturated heterocycles. The first kappa shape index (κ1) is 23.6. The van der Waals surface area contributed by atoms with Gasteiger partial charge in [-0.25, -0.2) is 23.1 Å². The van der Waals surface area contributed by atoms with Crippen molar-refractivity contribution in [2.24, 2.45) is 5.10 Å². The second-order valence-electron chi connectivity index (χ2n) is 7.01. The number of amides is 2. The van der Waals surface area contributed by atoms with Gasteiger partial charge in [0.05, 0.1) is 10.6 Å². The van der Waals surface area contributed by atoms with Crippen LogP contribution in [-0.4, -0.2) is 37.5 Å². The Hall–Kier alpha value is -4.05. The van der Waals surface area contributed by atoms with Gasteiger partial charge in [0.2, 0.25) is 5.91 Å². The van der Waals surface area contributed by atoms with Crippen LogP contribution in [0.3, 0.4) is 0 Å². The van der Waals surface area contributed by atoms with Crippen molar-refractivity contribution < 1.29 is 18.0 Å². The molecule has 2 N–H and O–H groups in total. The van der Waals surface area contributed by atoms with E-state index in [0.717, 1.165) is 4.31 Å². The second-order valence-corrected chi connectivity index (χ2v) is 8.87. The Morgan fingerprint density at radius 2 is 1.70 bits per heavy atom. The molecule has 1 aromatic heterocycles. The molecule has 3 rings (SSSR count). The summed E-state index contributed by atoms with van der Waals surface area (Å²) in [6.45, 7) is 2.58. The van der Waals surface area contributed by atoms with Gasteiger partial charge in [-0.15, -0.1) is 0 Å². The molecule has 0 unspecified atom stereocenters. The topological polar surface area (TPSA) is 121 Å². The highest BCUT2D eigenvalue weighted by atomic mass is 32.2. The number of hydrogen-bond acceptors (Lipinski definition) is 6. The lowest BCUT2D eigenvalue weighted by Gasteiger charge is -2.22. The summed E-state index contributed by atoms with van der Waals surface area (Å²) in [6, 6.07) is 19.6. The predicted octanol–water partition coefficient (Wildman–Crippen LogP) is 2.78. The Morgan fingerprint density at radius 3 is 2.36 bits per heavy atom. The van der Waals surface area contributed by atoms with Crippen LogP contribution in [0.15, 0.2) is 89.0 Å². The average Bonchev–Trinajstić information content (AvgIpc) is 2.81. The fourth-order valence-electron chi connectivity index (χ4n) is 2.91. The fourth-order valence-corrected chi connectivity index (χ4v) is 4.31. The third kappa shape index (κ3) is 6.23. The Balaban J connectivity index is 1.80. The van der Waals surface area contributed by atoms with E-state index in [9.17, 15) is 18.0 Å². The number of hydrazone groups is 1. The Kier molecular flexibility index (Phi) is 7.52. The van der Waals surface area contributed by atoms with Crippen LogP contribution in [0.2, 0.25) is 0 Å². The van der Waals surface area contributed by atoms with Gasteiger partial charge < -0.3 is 5.32 Å². The number of nitrogens with one attached hydrogen (secondary N) is 2. The maximum Gasteiger partial charge on any atom is 0.265 e. The number of hydrogen-bond donors (Lipinski definition) is 2. The van der Waals surface area contributed by atoms with Crippen molar-refractivity contribution in [3.8, 4) is 0 Å². The summed E-state index contributed by atoms with van der Waals surface area (Å²) >= 11 is 0. The highest BCUT2D eigenvalue weighted by Crippen LogP contribution is 2.21. The quantitative estimate of drug-likeness (QED) is 0.391. The minimum atomic E-state index is -4.04. The van der Waals surface area contributed by atoms with Gasteiger partial charge in [-0.3, -0.25) is 9.59 Å². The molecule has 10 heteroatoms. The lowest BCUT2D eigenvalue weighted by atomic mass is 10.1. The summed E-state index contributed by atoms with van der Waals surface area (Å²) in [5, 5.41) is 6.76. The average molecular weight is 466 g/mol. The lowest BCUT2D eigenvalue weighted by Crippen LogP contribution is -2.40. The van der Waals surface area contributed by atoms with E-state index >= 15 is 0 Å². The smallest absolute Gasteiger partial charge is 0.265 e. The molecule has 0 atom stereocenters. The van der Waals surface area contributed by atoms with E-state index in [1.807, 2.05) is 0 Å². The molecule has 0 radical (unpaired) electrons. The highest BCUT2D eigenvalue weighted by molar-refractivity contribution is 7.92. The van der Waals surface area contributed by atoms with E-state index in [1.165, 1.54) is 31.3 Å². The van der Waals surface area contributed by atoms with Gasteiger partial charge in [0, 0.05) is 18.8 Å². The van der Waals surface area contributed by atoms with E-state index in [4.69, 9.17) is 0 Å². The number of carbonyl (C=O) groups is 2. The molecule has 0 aliphatic carbocycles. The van der Waals surface area contributed by atoms with Gasteiger partial charge >= 0.3 is 0 Å². The largest absolute Gasteiger partial charge is 0.326 e. The molecule has 1 heterocycles. The lowest BCUT2D eigenvalue weighted by molar-refractivity contribution is -0.119. The van der Waals surface area contributed by atoms with Crippen LogP contribution in [-0.2, 0) is 19.6 Å². The summed E-state index contributed by atoms with van der Waals surface area (Å²) in [5.41, 5.74) is 4.14. The second kappa shape index (κ2) is 10.5. The maximum atomic E-state index is 13.2. The number of benzene rings is 2. The van der Waals surface area contributed by atoms with Crippen LogP contribution in [0.1, 0.15) is 19.4 Å². The summed E-state index contributed by atoms with van der Waals surface area (Å²) in [4.78, 5) is 28.0. The molecule has 2 aromatic carbocycles. The van der Waals surface area contributed by atoms with E-state index in [0.29, 0.717) is 17.0 Å². The fraction of sp³-hybridized carbons (Fsp3) is 0.130. The molecule has 170 valence electrons. The zero-order chi connectivity index (χ0) is 23.8. The standard InChI is InChI=1S/C23H23N5O4S/c1-17(19-9-8-10-20(15-19)25-18(2)29)26-27-23(30)16-28(22-13-6-7-14-24-22)33(31,32)21-11-4-3-5-12-21/h3-15H,16H2,1-2H3,(H,25,29)(H,27,30)/b26-17-. The monoisotopic (exact) mass is 465 g/mol. The molecule has 0 aliphatic heterocycles. The van der Waals surface area contributed by atoms with Crippen molar-refractivity contribution in [1.29, 1.82) is 0 Å². The van der Waals surface area contributed by atoms with Crippen LogP contribution in [0.25, 0.3) is 0 Å². The molecule has 2 amide bonds. The van der Waals surface area contributed by atoms with E-state index in [2.05, 4.69) is 20.8 Å². The first-order valence-corrected chi connectivity index (χ1v) is 11.4. The molecule has 9 nitrogen and oxygen atoms in total. The normalized spacial score (nSPS) is 11.5. The summed E-state index contributed by atoms with van der Waals surface area (Å²) < 4.78 is 27.3. The number of pyridine rings is 1. The minimum absolute atomic E-state index is 0.0397. The predicted molar refractivity (Wildman–Crippen MR) is 126 cm³/mol. The van der Waals surface area contributed by atoms with Gasteiger partial charge in [-0.2, -0.15) is 5.10 Å². The third-order valence-electron chi connectivity index (χ3n) is 4.47. The first-order valence-electron chi connectivity index (χ1n) is 9.97. The first-order chi connectivity index (χ1) is 15.8. The Bertz CT molecular complexity index is 1260. The summed E-state index contributed by atoms with van der Waals surface area (Å²) in [5.74, 6) is -0.734. The highest BCUT2D eigenvalue weighted by Gasteiger charge is 2.27. The van der Waals surface area contributed by atoms with Crippen molar-refractivity contribution in [3.05, 3.63) is 84.6 Å². The molecule has 3 aromatic rings. The molecule has 0 aliphatic rings. The van der Waals surface area contributed by atoms with Gasteiger partial charge in [0.15, 0.2) is 0 Å². The molecular weight excluding hydrogens is 442 g/mol. The van der Waals surface area contributed by atoms with Crippen LogP contribution in [0.5, 0.6) is 0 Å². The Morgan fingerprint density at radius 1 is 0.970 bits per heavy atom. The van der Waals surface area contributed by atoms with Crippen molar-refractivity contribution in [2.75, 3.05) is 16.2 Å². The van der Waals surface area contributed by atoms with Crippen molar-refractivity contribution in [2.45, 2.75) is 18.7 Å². The molecule has 0 fully saturated rings. The van der Waals surface area contributed by atoms with Gasteiger partial charge in [-0.05, 0) is 48.9 Å². The van der Waals surface area contributed by atoms with Crippen molar-refractivity contribution >= 4 is 39.1 Å². The van der Waals surface area contributed by atoms with Gasteiger partial charge in [0.25, 0.3) is 15.9 Å². The van der Waals surface area contributed by atoms with Crippen LogP contribution in [0.4, 0.5) is 11.5 Å². The molecule has 0 bridgehead atoms. The zero-order valence-electron chi connectivity index (χ0n) is 18.1. The molecule has 0 saturated carbocycles. The van der Waals surface area contributed by atoms with Crippen LogP contribution in [0, 0.1) is 0 Å². The van der Waals surface area contributed by atoms with Crippen LogP contribution < -0.4 is 15.0 Å². The summed E-state index contributed by atoms with van der Waals surface area (Å²) in [7, 11) is -4.04. The van der Waals surface area contributed by atoms with Gasteiger partial charge in [0.1, 0.15) is 12.4 Å². The minimum Gasteiger partial charge on any atom is -0.326 e. The molecule has 33 heavy (non-hydrogen) atoms. The van der Waals surface area contributed by atoms with E-state index in [1.54, 1.807) is 61.5 Å². The Labute approximate surface area is 192 Å². The van der Waals surface area contributed by atoms with E-state index in [-0.39, 0.29) is 16.6 Å². The zero-order valence-corrected chi connectivity index (χ0v) is 18.9. The number of carbonyl (C=O) groups excluding carboxylic acids is 2. The maximum absolute atomic E-state index is 13.2. The third-order valence-corrected chi connectivity index (χ3v) is 6.24. The number of anilines is 2. The summed E-state index contributed by atoms with van der Waals surface area (Å²) in [6.07, 6.45) is 1.45. The van der Waals surface area contributed by atoms with E-state index < -0.39 is 22.5 Å². The number of rotatable bonds is 8. The van der Waals surface area contributed by atoms with Crippen molar-refractivity contribution in [1.82, 2.24) is 10.4 Å². The van der Waals surface area contributed by atoms with Gasteiger partial charge in [-0.1, -0.05) is 36.4 Å². The van der Waals surface area contributed by atoms with Crippen LogP contribution >= 0.6 is 0 Å². The number of aromatic nitrogens is 1.